The van der Waals surface area contributed by atoms with E-state index in [0.717, 1.165) is 12.1 Å². The molecular weight excluding hydrogens is 208 g/mol. The van der Waals surface area contributed by atoms with Crippen molar-refractivity contribution >= 4 is 39.9 Å². The normalized spacial score (nSPS) is 10.3. The zero-order chi connectivity index (χ0) is 9.19. The van der Waals surface area contributed by atoms with Gasteiger partial charge in [-0.15, -0.1) is 0 Å². The monoisotopic (exact) mass is 215 g/mol. The van der Waals surface area contributed by atoms with E-state index in [9.17, 15) is 12.8 Å². The van der Waals surface area contributed by atoms with Crippen LogP contribution in [0.3, 0.4) is 0 Å². The summed E-state index contributed by atoms with van der Waals surface area (Å²) in [6.07, 6.45) is 0. The van der Waals surface area contributed by atoms with Crippen molar-refractivity contribution in [3.63, 3.8) is 0 Å². The summed E-state index contributed by atoms with van der Waals surface area (Å²) >= 11 is 0. The Hall–Kier alpha value is -0.140. The Morgan fingerprint density at radius 2 is 1.69 bits per heavy atom. The van der Waals surface area contributed by atoms with E-state index in [0.29, 0.717) is 0 Å². The van der Waals surface area contributed by atoms with Crippen LogP contribution in [0.4, 0.5) is 4.39 Å². The van der Waals surface area contributed by atoms with Crippen molar-refractivity contribution in [2.45, 2.75) is 0 Å². The Labute approximate surface area is 97.4 Å². The van der Waals surface area contributed by atoms with Crippen LogP contribution < -0.4 is 9.32 Å². The van der Waals surface area contributed by atoms with E-state index in [2.05, 4.69) is 9.32 Å². The second kappa shape index (κ2) is 4.92. The van der Waals surface area contributed by atoms with Gasteiger partial charge in [0.25, 0.3) is 0 Å². The Kier molecular flexibility index (Phi) is 4.87. The van der Waals surface area contributed by atoms with Gasteiger partial charge in [0.2, 0.25) is 0 Å². The molecule has 1 aromatic carbocycles. The topological polar surface area (TPSA) is 69.4 Å². The van der Waals surface area contributed by atoms with Crippen molar-refractivity contribution in [2.75, 3.05) is 0 Å². The third-order valence-corrected chi connectivity index (χ3v) is 1.45. The summed E-state index contributed by atoms with van der Waals surface area (Å²) in [5.41, 5.74) is 0. The predicted molar refractivity (Wildman–Crippen MR) is 47.3 cm³/mol. The second-order valence-electron chi connectivity index (χ2n) is 2.03. The van der Waals surface area contributed by atoms with Crippen LogP contribution in [-0.4, -0.2) is 38.0 Å². The summed E-state index contributed by atoms with van der Waals surface area (Å²) in [5.74, 6) is -0.490. The number of benzene rings is 1. The maximum atomic E-state index is 12.3. The molecule has 0 aliphatic rings. The fourth-order valence-electron chi connectivity index (χ4n) is 0.624. The van der Waals surface area contributed by atoms with Crippen molar-refractivity contribution in [2.24, 2.45) is 5.14 Å². The van der Waals surface area contributed by atoms with Crippen LogP contribution in [0.1, 0.15) is 0 Å². The molecule has 0 saturated carbocycles. The van der Waals surface area contributed by atoms with E-state index in [-0.39, 0.29) is 35.3 Å². The number of hydrogen-bond donors (Lipinski definition) is 1. The predicted octanol–water partition coefficient (Wildman–Crippen LogP) is -0.241. The molecule has 0 fully saturated rings. The molecule has 4 nitrogen and oxygen atoms in total. The molecule has 13 heavy (non-hydrogen) atoms. The van der Waals surface area contributed by atoms with Crippen LogP contribution in [-0.2, 0) is 10.3 Å². The van der Waals surface area contributed by atoms with Gasteiger partial charge >= 0.3 is 39.9 Å². The fourth-order valence-corrected chi connectivity index (χ4v) is 1.00. The van der Waals surface area contributed by atoms with Crippen LogP contribution in [0, 0.1) is 5.82 Å². The van der Waals surface area contributed by atoms with Crippen molar-refractivity contribution in [1.82, 2.24) is 0 Å². The number of rotatable bonds is 2. The first-order valence-corrected chi connectivity index (χ1v) is 4.42. The molecule has 0 aromatic heterocycles. The third-order valence-electron chi connectivity index (χ3n) is 1.03. The molecule has 1 rings (SSSR count). The standard InChI is InChI=1S/C6H6FNO3S.Na.H/c7-5-1-3-6(4-2-5)11-12(8,9)10;;/h1-4H,(H2,8,9,10);;. The molecule has 0 bridgehead atoms. The van der Waals surface area contributed by atoms with E-state index in [1.165, 1.54) is 12.1 Å². The van der Waals surface area contributed by atoms with Crippen LogP contribution in [0.15, 0.2) is 24.3 Å². The number of hydrogen-bond acceptors (Lipinski definition) is 3. The Balaban J connectivity index is 0.00000144. The molecule has 2 N–H and O–H groups in total. The maximum absolute atomic E-state index is 12.3. The molecule has 0 atom stereocenters. The molecule has 0 unspecified atom stereocenters. The summed E-state index contributed by atoms with van der Waals surface area (Å²) in [4.78, 5) is 0. The van der Waals surface area contributed by atoms with Crippen LogP contribution >= 0.6 is 0 Å². The van der Waals surface area contributed by atoms with E-state index in [1.807, 2.05) is 0 Å². The van der Waals surface area contributed by atoms with Gasteiger partial charge in [-0.3, -0.25) is 0 Å². The zero-order valence-electron chi connectivity index (χ0n) is 5.90. The second-order valence-corrected chi connectivity index (χ2v) is 3.18. The SMILES string of the molecule is NS(=O)(=O)Oc1ccc(F)cc1.[NaH]. The molecule has 0 spiro atoms. The molecule has 7 heteroatoms. The molecule has 0 radical (unpaired) electrons. The van der Waals surface area contributed by atoms with Gasteiger partial charge in [-0.25, -0.2) is 4.39 Å². The van der Waals surface area contributed by atoms with Gasteiger partial charge in [-0.05, 0) is 24.3 Å². The van der Waals surface area contributed by atoms with E-state index in [1.54, 1.807) is 0 Å². The first-order valence-electron chi connectivity index (χ1n) is 2.95. The van der Waals surface area contributed by atoms with E-state index < -0.39 is 16.1 Å². The van der Waals surface area contributed by atoms with Gasteiger partial charge in [0, 0.05) is 0 Å². The van der Waals surface area contributed by atoms with Crippen molar-refractivity contribution < 1.29 is 17.0 Å². The fraction of sp³-hybridized carbons (Fsp3) is 0. The molecule has 0 heterocycles. The molecule has 0 aliphatic heterocycles. The Bertz CT molecular complexity index is 364. The van der Waals surface area contributed by atoms with Crippen LogP contribution in [0.2, 0.25) is 0 Å². The van der Waals surface area contributed by atoms with Crippen LogP contribution in [0.5, 0.6) is 5.75 Å². The number of halogens is 1. The average Bonchev–Trinajstić information content (AvgIpc) is 1.91. The molecule has 0 amide bonds. The zero-order valence-corrected chi connectivity index (χ0v) is 6.71. The summed E-state index contributed by atoms with van der Waals surface area (Å²) in [5, 5.41) is 4.56. The van der Waals surface area contributed by atoms with Gasteiger partial charge < -0.3 is 4.18 Å². The average molecular weight is 215 g/mol. The van der Waals surface area contributed by atoms with Gasteiger partial charge in [-0.1, -0.05) is 0 Å². The Morgan fingerprint density at radius 1 is 1.23 bits per heavy atom. The Morgan fingerprint density at radius 3 is 2.08 bits per heavy atom. The molecule has 1 aromatic rings. The summed E-state index contributed by atoms with van der Waals surface area (Å²) in [7, 11) is -4.01. The van der Waals surface area contributed by atoms with Gasteiger partial charge in [0.15, 0.2) is 0 Å². The third kappa shape index (κ3) is 5.22. The van der Waals surface area contributed by atoms with Gasteiger partial charge in [-0.2, -0.15) is 13.6 Å². The van der Waals surface area contributed by atoms with Gasteiger partial charge in [0.05, 0.1) is 0 Å². The first kappa shape index (κ1) is 12.9. The minimum atomic E-state index is -4.01. The van der Waals surface area contributed by atoms with Crippen molar-refractivity contribution in [1.29, 1.82) is 0 Å². The van der Waals surface area contributed by atoms with Crippen molar-refractivity contribution in [3.05, 3.63) is 30.1 Å². The molecule has 68 valence electrons. The summed E-state index contributed by atoms with van der Waals surface area (Å²) in [6, 6.07) is 4.47. The first-order chi connectivity index (χ1) is 5.47. The molecule has 0 saturated heterocycles. The quantitative estimate of drug-likeness (QED) is 0.692. The van der Waals surface area contributed by atoms with E-state index >= 15 is 0 Å². The van der Waals surface area contributed by atoms with Crippen molar-refractivity contribution in [3.8, 4) is 5.75 Å². The van der Waals surface area contributed by atoms with Crippen LogP contribution in [0.25, 0.3) is 0 Å². The number of nitrogens with two attached hydrogens (primary N) is 1. The minimum absolute atomic E-state index is 0. The molecule has 0 aliphatic carbocycles. The molecular formula is C6H7FNNaO3S. The summed E-state index contributed by atoms with van der Waals surface area (Å²) < 4.78 is 37.2. The summed E-state index contributed by atoms with van der Waals surface area (Å²) in [6.45, 7) is 0. The van der Waals surface area contributed by atoms with E-state index in [4.69, 9.17) is 0 Å². The van der Waals surface area contributed by atoms with Gasteiger partial charge in [0.1, 0.15) is 11.6 Å².